The van der Waals surface area contributed by atoms with Crippen molar-refractivity contribution in [3.63, 3.8) is 0 Å². The molecule has 1 unspecified atom stereocenters. The van der Waals surface area contributed by atoms with Gasteiger partial charge in [0.25, 0.3) is 0 Å². The van der Waals surface area contributed by atoms with Crippen molar-refractivity contribution in [1.29, 1.82) is 0 Å². The van der Waals surface area contributed by atoms with Gasteiger partial charge in [0.15, 0.2) is 0 Å². The van der Waals surface area contributed by atoms with Crippen molar-refractivity contribution < 1.29 is 0 Å². The Bertz CT molecular complexity index is 132. The normalized spacial score (nSPS) is 26.9. The molecule has 2 N–H and O–H groups in total. The number of likely N-dealkylation sites (tertiary alicyclic amines) is 1. The molecule has 0 aromatic heterocycles. The highest BCUT2D eigenvalue weighted by molar-refractivity contribution is 4.89. The first-order valence-electron chi connectivity index (χ1n) is 4.40. The van der Waals surface area contributed by atoms with Crippen LogP contribution in [0.4, 0.5) is 0 Å². The van der Waals surface area contributed by atoms with Crippen molar-refractivity contribution in [3.05, 3.63) is 12.2 Å². The molecule has 64 valence electrons. The maximum atomic E-state index is 5.35. The van der Waals surface area contributed by atoms with Gasteiger partial charge in [0.1, 0.15) is 0 Å². The van der Waals surface area contributed by atoms with E-state index < -0.39 is 0 Å². The summed E-state index contributed by atoms with van der Waals surface area (Å²) in [7, 11) is 2.20. The van der Waals surface area contributed by atoms with E-state index in [1.54, 1.807) is 0 Å². The minimum absolute atomic E-state index is 0.677. The van der Waals surface area contributed by atoms with E-state index in [1.165, 1.54) is 25.8 Å². The van der Waals surface area contributed by atoms with Gasteiger partial charge < -0.3 is 10.6 Å². The first-order valence-corrected chi connectivity index (χ1v) is 4.40. The van der Waals surface area contributed by atoms with Gasteiger partial charge in [-0.05, 0) is 32.9 Å². The molecule has 0 aromatic carbocycles. The van der Waals surface area contributed by atoms with Gasteiger partial charge >= 0.3 is 0 Å². The van der Waals surface area contributed by atoms with Crippen LogP contribution in [0.15, 0.2) is 12.2 Å². The molecule has 1 saturated heterocycles. The summed E-state index contributed by atoms with van der Waals surface area (Å²) < 4.78 is 0. The van der Waals surface area contributed by atoms with E-state index in [0.29, 0.717) is 6.54 Å². The highest BCUT2D eigenvalue weighted by Gasteiger charge is 2.18. The third-order valence-electron chi connectivity index (χ3n) is 2.38. The van der Waals surface area contributed by atoms with Crippen LogP contribution >= 0.6 is 0 Å². The fourth-order valence-electron chi connectivity index (χ4n) is 1.63. The smallest absolute Gasteiger partial charge is 0.0127 e. The van der Waals surface area contributed by atoms with Crippen LogP contribution in [0, 0.1) is 0 Å². The summed E-state index contributed by atoms with van der Waals surface area (Å²) in [5.41, 5.74) is 5.35. The van der Waals surface area contributed by atoms with Crippen molar-refractivity contribution >= 4 is 0 Å². The van der Waals surface area contributed by atoms with E-state index in [4.69, 9.17) is 5.73 Å². The predicted octanol–water partition coefficient (Wildman–Crippen LogP) is 0.986. The summed E-state index contributed by atoms with van der Waals surface area (Å²) in [6, 6.07) is 0.776. The summed E-state index contributed by atoms with van der Waals surface area (Å²) in [6.07, 6.45) is 8.13. The topological polar surface area (TPSA) is 29.3 Å². The minimum atomic E-state index is 0.677. The van der Waals surface area contributed by atoms with Crippen LogP contribution in [0.2, 0.25) is 0 Å². The van der Waals surface area contributed by atoms with Gasteiger partial charge in [0.05, 0.1) is 0 Å². The molecular formula is C9H18N2. The molecule has 1 atom stereocenters. The van der Waals surface area contributed by atoms with Crippen LogP contribution in [-0.4, -0.2) is 31.1 Å². The first kappa shape index (κ1) is 8.75. The Morgan fingerprint density at radius 1 is 1.55 bits per heavy atom. The summed E-state index contributed by atoms with van der Waals surface area (Å²) in [4.78, 5) is 2.43. The van der Waals surface area contributed by atoms with E-state index in [-0.39, 0.29) is 0 Å². The standard InChI is InChI=1S/C9H18N2/c1-11-8-4-6-9(11)5-2-3-7-10/h2-3,9H,4-8,10H2,1H3/b3-2+. The van der Waals surface area contributed by atoms with Crippen LogP contribution < -0.4 is 5.73 Å². The van der Waals surface area contributed by atoms with Gasteiger partial charge in [-0.3, -0.25) is 0 Å². The van der Waals surface area contributed by atoms with Crippen LogP contribution in [0.25, 0.3) is 0 Å². The van der Waals surface area contributed by atoms with Gasteiger partial charge in [-0.2, -0.15) is 0 Å². The molecule has 0 radical (unpaired) electrons. The number of hydrogen-bond donors (Lipinski definition) is 1. The first-order chi connectivity index (χ1) is 5.34. The molecule has 2 nitrogen and oxygen atoms in total. The van der Waals surface area contributed by atoms with E-state index in [2.05, 4.69) is 18.0 Å². The van der Waals surface area contributed by atoms with Crippen LogP contribution in [0.3, 0.4) is 0 Å². The zero-order valence-corrected chi connectivity index (χ0v) is 7.29. The average molecular weight is 154 g/mol. The lowest BCUT2D eigenvalue weighted by atomic mass is 10.1. The second kappa shape index (κ2) is 4.52. The average Bonchev–Trinajstić information content (AvgIpc) is 2.37. The van der Waals surface area contributed by atoms with Crippen molar-refractivity contribution in [1.82, 2.24) is 4.90 Å². The Morgan fingerprint density at radius 2 is 2.36 bits per heavy atom. The molecule has 1 heterocycles. The lowest BCUT2D eigenvalue weighted by molar-refractivity contribution is 0.312. The van der Waals surface area contributed by atoms with Crippen molar-refractivity contribution in [2.45, 2.75) is 25.3 Å². The fourth-order valence-corrected chi connectivity index (χ4v) is 1.63. The lowest BCUT2D eigenvalue weighted by Gasteiger charge is -2.16. The van der Waals surface area contributed by atoms with Gasteiger partial charge in [-0.1, -0.05) is 12.2 Å². The molecule has 2 heteroatoms. The molecule has 0 saturated carbocycles. The third-order valence-corrected chi connectivity index (χ3v) is 2.38. The Labute approximate surface area is 69.1 Å². The van der Waals surface area contributed by atoms with E-state index in [0.717, 1.165) is 6.04 Å². The largest absolute Gasteiger partial charge is 0.327 e. The Kier molecular flexibility index (Phi) is 3.60. The quantitative estimate of drug-likeness (QED) is 0.614. The Morgan fingerprint density at radius 3 is 2.91 bits per heavy atom. The number of nitrogens with zero attached hydrogens (tertiary/aromatic N) is 1. The van der Waals surface area contributed by atoms with Gasteiger partial charge in [0, 0.05) is 12.6 Å². The van der Waals surface area contributed by atoms with E-state index >= 15 is 0 Å². The van der Waals surface area contributed by atoms with E-state index in [1.807, 2.05) is 6.08 Å². The summed E-state index contributed by atoms with van der Waals surface area (Å²) in [5.74, 6) is 0. The van der Waals surface area contributed by atoms with Crippen LogP contribution in [-0.2, 0) is 0 Å². The van der Waals surface area contributed by atoms with Crippen LogP contribution in [0.5, 0.6) is 0 Å². The maximum Gasteiger partial charge on any atom is 0.0127 e. The van der Waals surface area contributed by atoms with Crippen molar-refractivity contribution in [3.8, 4) is 0 Å². The monoisotopic (exact) mass is 154 g/mol. The van der Waals surface area contributed by atoms with Crippen LogP contribution in [0.1, 0.15) is 19.3 Å². The predicted molar refractivity (Wildman–Crippen MR) is 48.5 cm³/mol. The zero-order chi connectivity index (χ0) is 8.10. The third kappa shape index (κ3) is 2.64. The Hall–Kier alpha value is -0.340. The van der Waals surface area contributed by atoms with Gasteiger partial charge in [-0.15, -0.1) is 0 Å². The molecule has 1 aliphatic rings. The minimum Gasteiger partial charge on any atom is -0.327 e. The molecule has 0 aromatic rings. The molecule has 0 spiro atoms. The maximum absolute atomic E-state index is 5.35. The molecule has 1 rings (SSSR count). The molecular weight excluding hydrogens is 136 g/mol. The zero-order valence-electron chi connectivity index (χ0n) is 7.29. The SMILES string of the molecule is CN1CCCC1C/C=C/CN. The van der Waals surface area contributed by atoms with Crippen molar-refractivity contribution in [2.24, 2.45) is 5.73 Å². The number of rotatable bonds is 3. The molecule has 1 fully saturated rings. The molecule has 0 aliphatic carbocycles. The molecule has 11 heavy (non-hydrogen) atoms. The molecule has 0 amide bonds. The molecule has 1 aliphatic heterocycles. The molecule has 0 bridgehead atoms. The number of nitrogens with two attached hydrogens (primary N) is 1. The lowest BCUT2D eigenvalue weighted by Crippen LogP contribution is -2.23. The van der Waals surface area contributed by atoms with Crippen molar-refractivity contribution in [2.75, 3.05) is 20.1 Å². The summed E-state index contributed by atoms with van der Waals surface area (Å²) >= 11 is 0. The van der Waals surface area contributed by atoms with Gasteiger partial charge in [-0.25, -0.2) is 0 Å². The second-order valence-corrected chi connectivity index (χ2v) is 3.22. The van der Waals surface area contributed by atoms with E-state index in [9.17, 15) is 0 Å². The van der Waals surface area contributed by atoms with Gasteiger partial charge in [0.2, 0.25) is 0 Å². The summed E-state index contributed by atoms with van der Waals surface area (Å²) in [5, 5.41) is 0. The second-order valence-electron chi connectivity index (χ2n) is 3.22. The highest BCUT2D eigenvalue weighted by atomic mass is 15.1. The highest BCUT2D eigenvalue weighted by Crippen LogP contribution is 2.17. The fraction of sp³-hybridized carbons (Fsp3) is 0.778. The number of hydrogen-bond acceptors (Lipinski definition) is 2. The Balaban J connectivity index is 2.20. The summed E-state index contributed by atoms with van der Waals surface area (Å²) in [6.45, 7) is 1.94.